The number of carbonyl (C=O) groups is 1. The summed E-state index contributed by atoms with van der Waals surface area (Å²) in [5, 5.41) is 6.17. The lowest BCUT2D eigenvalue weighted by Gasteiger charge is -2.15. The summed E-state index contributed by atoms with van der Waals surface area (Å²) in [5.41, 5.74) is 3.86. The van der Waals surface area contributed by atoms with E-state index in [0.717, 1.165) is 18.5 Å². The molecule has 6 heteroatoms. The molecule has 0 aliphatic heterocycles. The molecule has 25 heavy (non-hydrogen) atoms. The molecule has 6 nitrogen and oxygen atoms in total. The molecule has 1 amide bonds. The Balaban J connectivity index is 2.28. The van der Waals surface area contributed by atoms with Crippen molar-refractivity contribution in [3.63, 3.8) is 0 Å². The minimum atomic E-state index is -0.231. The first-order valence-electron chi connectivity index (χ1n) is 8.59. The summed E-state index contributed by atoms with van der Waals surface area (Å²) in [7, 11) is 1.60. The van der Waals surface area contributed by atoms with Gasteiger partial charge in [0.15, 0.2) is 0 Å². The number of amides is 1. The van der Waals surface area contributed by atoms with Gasteiger partial charge in [0.2, 0.25) is 0 Å². The van der Waals surface area contributed by atoms with E-state index >= 15 is 0 Å². The van der Waals surface area contributed by atoms with Crippen LogP contribution in [-0.4, -0.2) is 36.1 Å². The number of nitrogens with one attached hydrogen (secondary N) is 2. The van der Waals surface area contributed by atoms with E-state index in [1.54, 1.807) is 20.1 Å². The zero-order valence-corrected chi connectivity index (χ0v) is 15.3. The van der Waals surface area contributed by atoms with Gasteiger partial charge in [-0.1, -0.05) is 32.0 Å². The summed E-state index contributed by atoms with van der Waals surface area (Å²) in [6, 6.07) is 7.96. The van der Waals surface area contributed by atoms with Crippen LogP contribution < -0.4 is 10.6 Å². The summed E-state index contributed by atoms with van der Waals surface area (Å²) in [6.45, 7) is 6.94. The molecule has 1 aromatic carbocycles. The van der Waals surface area contributed by atoms with E-state index in [2.05, 4.69) is 52.6 Å². The highest BCUT2D eigenvalue weighted by Crippen LogP contribution is 2.26. The quantitative estimate of drug-likeness (QED) is 0.721. The molecule has 0 saturated heterocycles. The zero-order valence-electron chi connectivity index (χ0n) is 15.3. The zero-order chi connectivity index (χ0) is 18.2. The number of anilines is 2. The van der Waals surface area contributed by atoms with Gasteiger partial charge in [-0.05, 0) is 30.9 Å². The van der Waals surface area contributed by atoms with Gasteiger partial charge in [-0.2, -0.15) is 0 Å². The lowest BCUT2D eigenvalue weighted by molar-refractivity contribution is 0.0932. The Hall–Kier alpha value is -2.47. The molecule has 0 aliphatic carbocycles. The lowest BCUT2D eigenvalue weighted by Crippen LogP contribution is -2.28. The highest BCUT2D eigenvalue weighted by atomic mass is 16.5. The van der Waals surface area contributed by atoms with Crippen LogP contribution in [0.1, 0.15) is 41.3 Å². The lowest BCUT2D eigenvalue weighted by atomic mass is 10.0. The minimum Gasteiger partial charge on any atom is -0.383 e. The van der Waals surface area contributed by atoms with E-state index in [4.69, 9.17) is 4.74 Å². The number of rotatable bonds is 8. The van der Waals surface area contributed by atoms with Crippen molar-refractivity contribution < 1.29 is 9.53 Å². The number of benzene rings is 1. The fourth-order valence-corrected chi connectivity index (χ4v) is 2.64. The molecule has 0 atom stereocenters. The molecular weight excluding hydrogens is 316 g/mol. The third-order valence-electron chi connectivity index (χ3n) is 3.91. The summed E-state index contributed by atoms with van der Waals surface area (Å²) in [6.07, 6.45) is 1.84. The second kappa shape index (κ2) is 9.13. The van der Waals surface area contributed by atoms with Crippen LogP contribution in [0.3, 0.4) is 0 Å². The first-order valence-corrected chi connectivity index (χ1v) is 8.59. The van der Waals surface area contributed by atoms with Crippen molar-refractivity contribution in [1.82, 2.24) is 15.3 Å². The monoisotopic (exact) mass is 342 g/mol. The van der Waals surface area contributed by atoms with E-state index in [-0.39, 0.29) is 5.91 Å². The molecule has 0 unspecified atom stereocenters. The molecule has 2 aromatic rings. The van der Waals surface area contributed by atoms with Crippen molar-refractivity contribution >= 4 is 17.4 Å². The molecule has 0 radical (unpaired) electrons. The second-order valence-electron chi connectivity index (χ2n) is 5.72. The van der Waals surface area contributed by atoms with E-state index in [9.17, 15) is 4.79 Å². The molecule has 1 heterocycles. The van der Waals surface area contributed by atoms with Crippen LogP contribution in [0.25, 0.3) is 0 Å². The number of nitrogens with zero attached hydrogens (tertiary/aromatic N) is 2. The Bertz CT molecular complexity index is 709. The number of ether oxygens (including phenoxy) is 1. The number of para-hydroxylation sites is 1. The summed E-state index contributed by atoms with van der Waals surface area (Å²) >= 11 is 0. The van der Waals surface area contributed by atoms with Crippen LogP contribution in [0.15, 0.2) is 24.3 Å². The number of hydrogen-bond acceptors (Lipinski definition) is 5. The smallest absolute Gasteiger partial charge is 0.270 e. The normalized spacial score (nSPS) is 10.6. The number of methoxy groups -OCH3 is 1. The van der Waals surface area contributed by atoms with Crippen molar-refractivity contribution in [2.24, 2.45) is 0 Å². The average molecular weight is 342 g/mol. The Labute approximate surface area is 149 Å². The third kappa shape index (κ3) is 5.00. The maximum Gasteiger partial charge on any atom is 0.270 e. The molecule has 0 spiro atoms. The maximum atomic E-state index is 12.2. The number of aryl methyl sites for hydroxylation is 3. The molecule has 2 N–H and O–H groups in total. The molecule has 0 aliphatic rings. The Morgan fingerprint density at radius 3 is 2.44 bits per heavy atom. The first-order chi connectivity index (χ1) is 12.1. The molecule has 134 valence electrons. The third-order valence-corrected chi connectivity index (χ3v) is 3.91. The fourth-order valence-electron chi connectivity index (χ4n) is 2.64. The largest absolute Gasteiger partial charge is 0.383 e. The van der Waals surface area contributed by atoms with Gasteiger partial charge in [-0.15, -0.1) is 0 Å². The van der Waals surface area contributed by atoms with Crippen LogP contribution in [0.5, 0.6) is 0 Å². The molecule has 0 bridgehead atoms. The van der Waals surface area contributed by atoms with Crippen molar-refractivity contribution in [2.75, 3.05) is 25.6 Å². The molecular formula is C19H26N4O2. The highest BCUT2D eigenvalue weighted by molar-refractivity contribution is 5.93. The Kier molecular flexibility index (Phi) is 6.89. The summed E-state index contributed by atoms with van der Waals surface area (Å²) in [5.74, 6) is 0.944. The molecule has 0 saturated carbocycles. The Morgan fingerprint density at radius 2 is 1.84 bits per heavy atom. The van der Waals surface area contributed by atoms with E-state index in [1.165, 1.54) is 11.1 Å². The van der Waals surface area contributed by atoms with E-state index in [1.807, 2.05) is 0 Å². The molecule has 1 aromatic heterocycles. The van der Waals surface area contributed by atoms with Crippen LogP contribution in [-0.2, 0) is 17.6 Å². The van der Waals surface area contributed by atoms with Crippen LogP contribution >= 0.6 is 0 Å². The molecule has 0 fully saturated rings. The van der Waals surface area contributed by atoms with Crippen LogP contribution in [0.4, 0.5) is 11.5 Å². The Morgan fingerprint density at radius 1 is 1.16 bits per heavy atom. The van der Waals surface area contributed by atoms with Crippen molar-refractivity contribution in [3.05, 3.63) is 46.9 Å². The van der Waals surface area contributed by atoms with Gasteiger partial charge < -0.3 is 15.4 Å². The number of hydrogen-bond donors (Lipinski definition) is 2. The van der Waals surface area contributed by atoms with Crippen molar-refractivity contribution in [1.29, 1.82) is 0 Å². The SMILES string of the molecule is CCc1cccc(CC)c1Nc1cc(C(=O)NCCOC)nc(C)n1. The summed E-state index contributed by atoms with van der Waals surface area (Å²) in [4.78, 5) is 20.9. The fraction of sp³-hybridized carbons (Fsp3) is 0.421. The van der Waals surface area contributed by atoms with Gasteiger partial charge in [0.1, 0.15) is 17.3 Å². The van der Waals surface area contributed by atoms with Crippen LogP contribution in [0, 0.1) is 6.92 Å². The maximum absolute atomic E-state index is 12.2. The van der Waals surface area contributed by atoms with Gasteiger partial charge in [0.25, 0.3) is 5.91 Å². The predicted octanol–water partition coefficient (Wildman–Crippen LogP) is 3.03. The van der Waals surface area contributed by atoms with Crippen LogP contribution in [0.2, 0.25) is 0 Å². The van der Waals surface area contributed by atoms with Crippen molar-refractivity contribution in [3.8, 4) is 0 Å². The standard InChI is InChI=1S/C19H26N4O2/c1-5-14-8-7-9-15(6-2)18(14)23-17-12-16(21-13(3)22-17)19(24)20-10-11-25-4/h7-9,12H,5-6,10-11H2,1-4H3,(H,20,24)(H,21,22,23). The predicted molar refractivity (Wildman–Crippen MR) is 99.5 cm³/mol. The molecule has 2 rings (SSSR count). The highest BCUT2D eigenvalue weighted by Gasteiger charge is 2.12. The average Bonchev–Trinajstić information content (AvgIpc) is 2.61. The van der Waals surface area contributed by atoms with Gasteiger partial charge in [0.05, 0.1) is 6.61 Å². The second-order valence-corrected chi connectivity index (χ2v) is 5.72. The van der Waals surface area contributed by atoms with Gasteiger partial charge in [0, 0.05) is 25.4 Å². The van der Waals surface area contributed by atoms with Gasteiger partial charge in [-0.3, -0.25) is 4.79 Å². The number of aromatic nitrogens is 2. The van der Waals surface area contributed by atoms with E-state index < -0.39 is 0 Å². The topological polar surface area (TPSA) is 76.1 Å². The van der Waals surface area contributed by atoms with Gasteiger partial charge in [-0.25, -0.2) is 9.97 Å². The van der Waals surface area contributed by atoms with E-state index in [0.29, 0.717) is 30.5 Å². The van der Waals surface area contributed by atoms with Gasteiger partial charge >= 0.3 is 0 Å². The van der Waals surface area contributed by atoms with Crippen molar-refractivity contribution in [2.45, 2.75) is 33.6 Å². The first kappa shape index (κ1) is 18.9. The summed E-state index contributed by atoms with van der Waals surface area (Å²) < 4.78 is 4.95. The minimum absolute atomic E-state index is 0.231. The number of carbonyl (C=O) groups excluding carboxylic acids is 1.